The molecule has 1 aromatic carbocycles. The normalized spacial score (nSPS) is 12.6. The van der Waals surface area contributed by atoms with Crippen molar-refractivity contribution in [3.05, 3.63) is 63.0 Å². The summed E-state index contributed by atoms with van der Waals surface area (Å²) in [6, 6.07) is 8.34. The highest BCUT2D eigenvalue weighted by Gasteiger charge is 2.25. The Hall–Kier alpha value is -4.05. The average molecular weight is 523 g/mol. The summed E-state index contributed by atoms with van der Waals surface area (Å²) in [5, 5.41) is 22.0. The number of aromatic nitrogens is 3. The van der Waals surface area contributed by atoms with Crippen LogP contribution in [0.25, 0.3) is 21.9 Å². The van der Waals surface area contributed by atoms with Crippen molar-refractivity contribution in [2.24, 2.45) is 22.1 Å². The SMILES string of the molecule is CCn1cc(C(=O)NCC(C(=O)N=Nc2c(O)[nH]c3ccc(Cl)cc23)C(C)C)c(=O)c2ccc(C)nc21. The Morgan fingerprint density at radius 1 is 1.22 bits per heavy atom. The van der Waals surface area contributed by atoms with Gasteiger partial charge in [0.25, 0.3) is 11.8 Å². The number of benzene rings is 1. The largest absolute Gasteiger partial charge is 0.493 e. The molecule has 2 amide bonds. The van der Waals surface area contributed by atoms with Crippen LogP contribution >= 0.6 is 11.6 Å². The number of aromatic amines is 1. The molecule has 1 unspecified atom stereocenters. The maximum atomic E-state index is 13.0. The van der Waals surface area contributed by atoms with Gasteiger partial charge in [-0.15, -0.1) is 10.2 Å². The van der Waals surface area contributed by atoms with E-state index in [-0.39, 0.29) is 29.6 Å². The molecular weight excluding hydrogens is 496 g/mol. The molecule has 192 valence electrons. The molecule has 1 atom stereocenters. The first-order valence-corrected chi connectivity index (χ1v) is 12.2. The van der Waals surface area contributed by atoms with Crippen LogP contribution in [0.4, 0.5) is 5.69 Å². The summed E-state index contributed by atoms with van der Waals surface area (Å²) >= 11 is 6.04. The number of pyridine rings is 2. The van der Waals surface area contributed by atoms with E-state index in [1.807, 2.05) is 27.7 Å². The van der Waals surface area contributed by atoms with Crippen molar-refractivity contribution in [3.63, 3.8) is 0 Å². The number of carbonyl (C=O) groups excluding carboxylic acids is 2. The van der Waals surface area contributed by atoms with Gasteiger partial charge in [-0.3, -0.25) is 14.4 Å². The van der Waals surface area contributed by atoms with Crippen LogP contribution in [-0.2, 0) is 11.3 Å². The topological polar surface area (TPSA) is 142 Å². The summed E-state index contributed by atoms with van der Waals surface area (Å²) in [7, 11) is 0. The fraction of sp³-hybridized carbons (Fsp3) is 0.308. The van der Waals surface area contributed by atoms with Gasteiger partial charge in [-0.2, -0.15) is 0 Å². The highest BCUT2D eigenvalue weighted by atomic mass is 35.5. The number of hydrogen-bond donors (Lipinski definition) is 3. The van der Waals surface area contributed by atoms with Gasteiger partial charge < -0.3 is 20.0 Å². The molecule has 37 heavy (non-hydrogen) atoms. The summed E-state index contributed by atoms with van der Waals surface area (Å²) < 4.78 is 1.75. The molecular formula is C26H27ClN6O4. The fourth-order valence-corrected chi connectivity index (χ4v) is 4.25. The van der Waals surface area contributed by atoms with Crippen molar-refractivity contribution in [1.82, 2.24) is 19.9 Å². The molecule has 4 aromatic rings. The number of H-pyrrole nitrogens is 1. The van der Waals surface area contributed by atoms with Gasteiger partial charge >= 0.3 is 0 Å². The molecule has 0 saturated carbocycles. The van der Waals surface area contributed by atoms with Crippen LogP contribution in [-0.4, -0.2) is 38.0 Å². The number of carbonyl (C=O) groups is 2. The monoisotopic (exact) mass is 522 g/mol. The Morgan fingerprint density at radius 3 is 2.68 bits per heavy atom. The Morgan fingerprint density at radius 2 is 1.97 bits per heavy atom. The predicted octanol–water partition coefficient (Wildman–Crippen LogP) is 4.88. The van der Waals surface area contributed by atoms with Gasteiger partial charge in [0, 0.05) is 35.4 Å². The van der Waals surface area contributed by atoms with Gasteiger partial charge in [0.15, 0.2) is 5.69 Å². The van der Waals surface area contributed by atoms with Crippen molar-refractivity contribution < 1.29 is 14.7 Å². The molecule has 0 aliphatic carbocycles. The van der Waals surface area contributed by atoms with Gasteiger partial charge in [0.2, 0.25) is 11.3 Å². The summed E-state index contributed by atoms with van der Waals surface area (Å²) in [5.74, 6) is -2.30. The third-order valence-corrected chi connectivity index (χ3v) is 6.45. The van der Waals surface area contributed by atoms with Crippen LogP contribution in [0.1, 0.15) is 36.8 Å². The Bertz CT molecular complexity index is 1600. The van der Waals surface area contributed by atoms with E-state index in [2.05, 4.69) is 25.5 Å². The lowest BCUT2D eigenvalue weighted by molar-refractivity contribution is -0.123. The number of aromatic hydroxyl groups is 1. The van der Waals surface area contributed by atoms with Crippen LogP contribution in [0.5, 0.6) is 5.88 Å². The quantitative estimate of drug-likeness (QED) is 0.296. The van der Waals surface area contributed by atoms with Crippen LogP contribution in [0, 0.1) is 18.8 Å². The summed E-state index contributed by atoms with van der Waals surface area (Å²) in [5.41, 5.74) is 1.51. The minimum absolute atomic E-state index is 0.0304. The number of aryl methyl sites for hydroxylation is 2. The number of azo groups is 1. The van der Waals surface area contributed by atoms with E-state index in [0.717, 1.165) is 5.69 Å². The Balaban J connectivity index is 1.55. The second-order valence-corrected chi connectivity index (χ2v) is 9.53. The minimum Gasteiger partial charge on any atom is -0.493 e. The van der Waals surface area contributed by atoms with Gasteiger partial charge in [0.05, 0.1) is 16.8 Å². The van der Waals surface area contributed by atoms with Gasteiger partial charge in [0.1, 0.15) is 11.2 Å². The number of nitrogens with one attached hydrogen (secondary N) is 2. The van der Waals surface area contributed by atoms with Crippen molar-refractivity contribution in [2.75, 3.05) is 6.54 Å². The molecule has 0 bridgehead atoms. The predicted molar refractivity (Wildman–Crippen MR) is 142 cm³/mol. The summed E-state index contributed by atoms with van der Waals surface area (Å²) in [4.78, 5) is 46.1. The molecule has 0 aliphatic heterocycles. The van der Waals surface area contributed by atoms with E-state index < -0.39 is 23.2 Å². The molecule has 3 aromatic heterocycles. The maximum absolute atomic E-state index is 13.0. The first-order valence-electron chi connectivity index (χ1n) is 11.9. The molecule has 0 fully saturated rings. The van der Waals surface area contributed by atoms with Crippen LogP contribution in [0.2, 0.25) is 5.02 Å². The average Bonchev–Trinajstić information content (AvgIpc) is 3.16. The minimum atomic E-state index is -0.707. The van der Waals surface area contributed by atoms with Crippen molar-refractivity contribution in [1.29, 1.82) is 0 Å². The highest BCUT2D eigenvalue weighted by molar-refractivity contribution is 6.31. The maximum Gasteiger partial charge on any atom is 0.269 e. The van der Waals surface area contributed by atoms with Crippen molar-refractivity contribution in [2.45, 2.75) is 34.2 Å². The first kappa shape index (κ1) is 26.0. The molecule has 4 rings (SSSR count). The number of amides is 2. The van der Waals surface area contributed by atoms with Crippen molar-refractivity contribution in [3.8, 4) is 5.88 Å². The Labute approximate surface area is 217 Å². The zero-order chi connectivity index (χ0) is 26.9. The zero-order valence-electron chi connectivity index (χ0n) is 20.9. The van der Waals surface area contributed by atoms with Crippen LogP contribution < -0.4 is 10.7 Å². The van der Waals surface area contributed by atoms with Crippen LogP contribution in [0.3, 0.4) is 0 Å². The van der Waals surface area contributed by atoms with Gasteiger partial charge in [-0.05, 0) is 50.1 Å². The van der Waals surface area contributed by atoms with E-state index in [9.17, 15) is 19.5 Å². The number of halogens is 1. The smallest absolute Gasteiger partial charge is 0.269 e. The van der Waals surface area contributed by atoms with E-state index >= 15 is 0 Å². The molecule has 11 heteroatoms. The lowest BCUT2D eigenvalue weighted by Crippen LogP contribution is -2.37. The second kappa shape index (κ2) is 10.5. The number of hydrogen-bond acceptors (Lipinski definition) is 6. The van der Waals surface area contributed by atoms with E-state index in [1.54, 1.807) is 34.9 Å². The van der Waals surface area contributed by atoms with E-state index in [4.69, 9.17) is 11.6 Å². The molecule has 0 radical (unpaired) electrons. The third-order valence-electron chi connectivity index (χ3n) is 6.21. The van der Waals surface area contributed by atoms with E-state index in [0.29, 0.717) is 33.5 Å². The highest BCUT2D eigenvalue weighted by Crippen LogP contribution is 2.37. The molecule has 0 spiro atoms. The number of rotatable bonds is 7. The second-order valence-electron chi connectivity index (χ2n) is 9.09. The number of nitrogens with zero attached hydrogens (tertiary/aromatic N) is 4. The fourth-order valence-electron chi connectivity index (χ4n) is 4.08. The molecule has 0 saturated heterocycles. The van der Waals surface area contributed by atoms with Gasteiger partial charge in [-0.1, -0.05) is 25.4 Å². The lowest BCUT2D eigenvalue weighted by atomic mass is 9.95. The molecule has 0 aliphatic rings. The first-order chi connectivity index (χ1) is 17.6. The standard InChI is InChI=1S/C26H27ClN6O4/c1-5-33-12-19(22(34)16-8-6-14(4)29-23(16)33)24(35)28-11-18(13(2)3)25(36)32-31-21-17-10-15(27)7-9-20(17)30-26(21)37/h6-10,12-13,18,30,37H,5,11H2,1-4H3,(H,28,35). The summed E-state index contributed by atoms with van der Waals surface area (Å²) in [6.45, 7) is 7.85. The molecule has 3 N–H and O–H groups in total. The zero-order valence-corrected chi connectivity index (χ0v) is 21.6. The Kier molecular flexibility index (Phi) is 7.40. The van der Waals surface area contributed by atoms with E-state index in [1.165, 1.54) is 6.20 Å². The van der Waals surface area contributed by atoms with Gasteiger partial charge in [-0.25, -0.2) is 4.98 Å². The molecule has 3 heterocycles. The third kappa shape index (κ3) is 5.24. The number of fused-ring (bicyclic) bond motifs is 2. The summed E-state index contributed by atoms with van der Waals surface area (Å²) in [6.07, 6.45) is 1.49. The van der Waals surface area contributed by atoms with Crippen LogP contribution in [0.15, 0.2) is 51.6 Å². The van der Waals surface area contributed by atoms with Crippen molar-refractivity contribution >= 4 is 51.0 Å². The molecule has 10 nitrogen and oxygen atoms in total. The lowest BCUT2D eigenvalue weighted by Gasteiger charge is -2.18.